The maximum atomic E-state index is 14.1. The number of aromatic nitrogens is 4. The smallest absolute Gasteiger partial charge is 0.293 e. The highest BCUT2D eigenvalue weighted by molar-refractivity contribution is 6.17. The van der Waals surface area contributed by atoms with Crippen molar-refractivity contribution in [1.29, 1.82) is 0 Å². The standard InChI is InChI=1S/C32H20F2N2.C27H19N5.C26H17N5/c33-23-11-15-29-26(18-23)27-19-24(34)12-16-30(27)36(29)25-13-9-21(10-14-25)28-20-35-17-5-4-8-31(35)32(28)22-6-2-1-3-7-22;1-17-18(2)30-26(28-3)27(29-4)31-25(17)19-13-15-20(16-14-19)32-23-11-7-5-9-21(23)22-10-6-8-12-24(22)32;1-17-16-22(30-26(28-3)25(27-2)29-17)18-12-14-19(15-13-18)31-23-10-6-4-8-20(23)21-9-5-7-11-24(21)31/h1-20H;5-17H,1-2H3;4-15H,16H2,1H3. The first-order chi connectivity index (χ1) is 48.5. The summed E-state index contributed by atoms with van der Waals surface area (Å²) in [4.78, 5) is 31.2. The number of para-hydroxylation sites is 4. The van der Waals surface area contributed by atoms with Crippen molar-refractivity contribution in [2.45, 2.75) is 27.2 Å². The molecule has 2 aliphatic rings. The van der Waals surface area contributed by atoms with Gasteiger partial charge in [0, 0.05) is 84.0 Å². The number of pyridine rings is 1. The highest BCUT2D eigenvalue weighted by atomic mass is 19.1. The van der Waals surface area contributed by atoms with Crippen LogP contribution >= 0.6 is 0 Å². The lowest BCUT2D eigenvalue weighted by Gasteiger charge is -2.11. The fourth-order valence-electron chi connectivity index (χ4n) is 13.6. The van der Waals surface area contributed by atoms with Gasteiger partial charge in [-0.05, 0) is 165 Å². The summed E-state index contributed by atoms with van der Waals surface area (Å²) in [6.07, 6.45) is 4.74. The van der Waals surface area contributed by atoms with Gasteiger partial charge in [0.2, 0.25) is 0 Å². The van der Waals surface area contributed by atoms with Crippen molar-refractivity contribution in [1.82, 2.24) is 18.1 Å². The Morgan fingerprint density at radius 3 is 1.25 bits per heavy atom. The first kappa shape index (κ1) is 61.5. The number of hydrogen-bond acceptors (Lipinski definition) is 4. The Kier molecular flexibility index (Phi) is 16.1. The molecule has 5 aromatic heterocycles. The summed E-state index contributed by atoms with van der Waals surface area (Å²) in [5.41, 5.74) is 20.0. The van der Waals surface area contributed by atoms with E-state index in [1.807, 2.05) is 57.2 Å². The summed E-state index contributed by atoms with van der Waals surface area (Å²) in [5.74, 6) is -0.556. The van der Waals surface area contributed by atoms with Gasteiger partial charge in [-0.3, -0.25) is 0 Å². The quantitative estimate of drug-likeness (QED) is 0.142. The predicted molar refractivity (Wildman–Crippen MR) is 398 cm³/mol. The molecule has 2 aliphatic heterocycles. The van der Waals surface area contributed by atoms with Gasteiger partial charge in [-0.15, -0.1) is 20.0 Å². The van der Waals surface area contributed by atoms with Crippen LogP contribution in [0.3, 0.4) is 0 Å². The molecule has 10 aromatic carbocycles. The minimum Gasteiger partial charge on any atom is -0.370 e. The van der Waals surface area contributed by atoms with Crippen molar-refractivity contribution < 1.29 is 8.78 Å². The maximum absolute atomic E-state index is 14.1. The van der Waals surface area contributed by atoms with Crippen molar-refractivity contribution in [3.63, 3.8) is 0 Å². The summed E-state index contributed by atoms with van der Waals surface area (Å²) in [5, 5.41) is 6.28. The molecule has 0 spiro atoms. The zero-order chi connectivity index (χ0) is 67.8. The topological polar surface area (TPSA) is 86.1 Å². The van der Waals surface area contributed by atoms with E-state index >= 15 is 0 Å². The van der Waals surface area contributed by atoms with Crippen molar-refractivity contribution >= 4 is 93.8 Å². The molecular formula is C85H56F2N12. The first-order valence-electron chi connectivity index (χ1n) is 32.1. The van der Waals surface area contributed by atoms with Gasteiger partial charge in [0.15, 0.2) is 0 Å². The predicted octanol–water partition coefficient (Wildman–Crippen LogP) is 21.7. The Morgan fingerprint density at radius 1 is 0.374 bits per heavy atom. The van der Waals surface area contributed by atoms with E-state index in [9.17, 15) is 8.78 Å². The lowest BCUT2D eigenvalue weighted by atomic mass is 9.94. The Hall–Kier alpha value is -13.7. The van der Waals surface area contributed by atoms with E-state index in [0.717, 1.165) is 106 Å². The molecule has 470 valence electrons. The Labute approximate surface area is 568 Å². The lowest BCUT2D eigenvalue weighted by molar-refractivity contribution is 0.628. The largest absolute Gasteiger partial charge is 0.370 e. The number of hydrogen-bond donors (Lipinski definition) is 0. The summed E-state index contributed by atoms with van der Waals surface area (Å²) in [6.45, 7) is 35.2. The van der Waals surface area contributed by atoms with E-state index in [-0.39, 0.29) is 40.8 Å². The Bertz CT molecular complexity index is 6000. The molecule has 17 rings (SSSR count). The van der Waals surface area contributed by atoms with E-state index in [1.54, 1.807) is 12.1 Å². The van der Waals surface area contributed by atoms with E-state index in [0.29, 0.717) is 17.2 Å². The zero-order valence-corrected chi connectivity index (χ0v) is 53.8. The van der Waals surface area contributed by atoms with Gasteiger partial charge in [-0.2, -0.15) is 0 Å². The van der Waals surface area contributed by atoms with Gasteiger partial charge in [-0.25, -0.2) is 8.78 Å². The average Bonchev–Trinajstić information content (AvgIpc) is 1.61. The minimum absolute atomic E-state index is 0.0465. The second kappa shape index (κ2) is 25.9. The number of benzene rings is 10. The number of aliphatic imine (C=N–C) groups is 4. The van der Waals surface area contributed by atoms with Crippen LogP contribution in [0.5, 0.6) is 0 Å². The number of fused-ring (bicyclic) bond motifs is 10. The van der Waals surface area contributed by atoms with Crippen LogP contribution in [0.15, 0.2) is 310 Å². The number of halogens is 2. The van der Waals surface area contributed by atoms with E-state index < -0.39 is 0 Å². The van der Waals surface area contributed by atoms with Crippen molar-refractivity contribution in [3.8, 4) is 39.3 Å². The molecule has 0 saturated carbocycles. The molecular weight excluding hydrogens is 1230 g/mol. The first-order valence-corrected chi connectivity index (χ1v) is 32.1. The second-order valence-corrected chi connectivity index (χ2v) is 24.1. The van der Waals surface area contributed by atoms with Crippen LogP contribution in [0.2, 0.25) is 0 Å². The molecule has 0 radical (unpaired) electrons. The fourth-order valence-corrected chi connectivity index (χ4v) is 13.6. The molecule has 99 heavy (non-hydrogen) atoms. The Balaban J connectivity index is 0.000000121. The molecule has 7 heterocycles. The van der Waals surface area contributed by atoms with Crippen LogP contribution in [-0.4, -0.2) is 40.9 Å². The normalized spacial score (nSPS) is 13.9. The highest BCUT2D eigenvalue weighted by Crippen LogP contribution is 2.40. The van der Waals surface area contributed by atoms with E-state index in [1.165, 1.54) is 51.4 Å². The van der Waals surface area contributed by atoms with Crippen LogP contribution in [0.25, 0.3) is 130 Å². The molecule has 0 saturated heterocycles. The molecule has 1 atom stereocenters. The van der Waals surface area contributed by atoms with Crippen LogP contribution in [0.4, 0.5) is 8.78 Å². The summed E-state index contributed by atoms with van der Waals surface area (Å²) >= 11 is 0. The molecule has 0 amide bonds. The fraction of sp³-hybridized carbons (Fsp3) is 0.0588. The van der Waals surface area contributed by atoms with Crippen LogP contribution in [0.1, 0.15) is 38.3 Å². The third kappa shape index (κ3) is 11.3. The lowest BCUT2D eigenvalue weighted by Crippen LogP contribution is -2.19. The summed E-state index contributed by atoms with van der Waals surface area (Å²) < 4.78 is 36.9. The van der Waals surface area contributed by atoms with Gasteiger partial charge < -0.3 is 37.5 Å². The molecule has 12 nitrogen and oxygen atoms in total. The molecule has 1 unspecified atom stereocenters. The molecule has 15 aromatic rings. The van der Waals surface area contributed by atoms with Gasteiger partial charge in [0.1, 0.15) is 34.5 Å². The van der Waals surface area contributed by atoms with Crippen LogP contribution in [-0.2, 0) is 0 Å². The monoisotopic (exact) mass is 1280 g/mol. The molecule has 0 N–H and O–H groups in total. The van der Waals surface area contributed by atoms with Crippen molar-refractivity contribution in [2.75, 3.05) is 0 Å². The maximum Gasteiger partial charge on any atom is 0.293 e. The third-order valence-electron chi connectivity index (χ3n) is 18.2. The second-order valence-electron chi connectivity index (χ2n) is 24.1. The van der Waals surface area contributed by atoms with Crippen LogP contribution in [0, 0.1) is 43.8 Å². The number of rotatable bonds is 7. The van der Waals surface area contributed by atoms with Crippen molar-refractivity contribution in [3.05, 3.63) is 359 Å². The molecule has 0 bridgehead atoms. The molecule has 14 heteroatoms. The summed E-state index contributed by atoms with van der Waals surface area (Å²) in [7, 11) is 0. The van der Waals surface area contributed by atoms with Crippen LogP contribution < -0.4 is 0 Å². The van der Waals surface area contributed by atoms with E-state index in [2.05, 4.69) is 252 Å². The zero-order valence-electron chi connectivity index (χ0n) is 53.8. The van der Waals surface area contributed by atoms with Gasteiger partial charge in [0.25, 0.3) is 23.3 Å². The van der Waals surface area contributed by atoms with Gasteiger partial charge in [0.05, 0.1) is 51.0 Å². The van der Waals surface area contributed by atoms with Gasteiger partial charge in [-0.1, -0.05) is 148 Å². The molecule has 0 aliphatic carbocycles. The van der Waals surface area contributed by atoms with Crippen molar-refractivity contribution in [2.24, 2.45) is 25.9 Å². The number of nitrogens with zero attached hydrogens (tertiary/aromatic N) is 12. The van der Waals surface area contributed by atoms with E-state index in [4.69, 9.17) is 26.3 Å². The summed E-state index contributed by atoms with van der Waals surface area (Å²) in [6, 6.07) is 84.4. The Morgan fingerprint density at radius 2 is 0.768 bits per heavy atom. The highest BCUT2D eigenvalue weighted by Gasteiger charge is 2.28. The third-order valence-corrected chi connectivity index (χ3v) is 18.2. The van der Waals surface area contributed by atoms with Gasteiger partial charge >= 0.3 is 0 Å². The molecule has 0 fully saturated rings. The minimum atomic E-state index is -0.338. The average molecular weight is 1280 g/mol. The SMILES string of the molecule is Fc1ccc2c(c1)c1cc(F)ccc1n2-c1ccc(-c2cn3ccccc3c2-c2ccccc2)cc1.[C-]#[N+]C1=C([N+]#[C-])N=C(c2ccc(-n3c4ccccc4c4ccccc43)cc2)C(C)C(C)=N1.[C-]#[N+]C1=C([N+]#[C-])N=C(c2ccc(-n3c4ccccc4c4ccccc43)cc2)CC(C)=N1.